The third kappa shape index (κ3) is 1.61. The van der Waals surface area contributed by atoms with Crippen LogP contribution in [-0.2, 0) is 16.8 Å². The standard InChI is InChI=1S/C8H9NO6S/c9-2-1-4-6-3-5(10)7(11)8(4)15-16(12,13)14-6/h3,10-11H,1-2,9H2. The van der Waals surface area contributed by atoms with Crippen molar-refractivity contribution in [3.05, 3.63) is 11.6 Å². The molecule has 0 spiro atoms. The van der Waals surface area contributed by atoms with Crippen molar-refractivity contribution in [2.45, 2.75) is 6.42 Å². The molecule has 1 aliphatic heterocycles. The SMILES string of the molecule is NCCc1c2cc(O)c(O)c1OS(=O)(=O)O2. The zero-order chi connectivity index (χ0) is 11.9. The Morgan fingerprint density at radius 1 is 1.31 bits per heavy atom. The van der Waals surface area contributed by atoms with Crippen molar-refractivity contribution in [1.82, 2.24) is 0 Å². The van der Waals surface area contributed by atoms with Gasteiger partial charge in [0.25, 0.3) is 0 Å². The van der Waals surface area contributed by atoms with Crippen LogP contribution in [0.1, 0.15) is 5.56 Å². The second-order valence-electron chi connectivity index (χ2n) is 3.16. The summed E-state index contributed by atoms with van der Waals surface area (Å²) >= 11 is 0. The highest BCUT2D eigenvalue weighted by Gasteiger charge is 2.32. The van der Waals surface area contributed by atoms with Crippen molar-refractivity contribution < 1.29 is 27.0 Å². The van der Waals surface area contributed by atoms with E-state index in [1.165, 1.54) is 0 Å². The summed E-state index contributed by atoms with van der Waals surface area (Å²) in [6.45, 7) is 0.219. The van der Waals surface area contributed by atoms with Crippen LogP contribution in [0.5, 0.6) is 23.0 Å². The van der Waals surface area contributed by atoms with Crippen LogP contribution < -0.4 is 14.1 Å². The summed E-state index contributed by atoms with van der Waals surface area (Å²) in [5, 5.41) is 18.7. The molecule has 1 aliphatic rings. The summed E-state index contributed by atoms with van der Waals surface area (Å²) in [5.41, 5.74) is 5.64. The van der Waals surface area contributed by atoms with Crippen molar-refractivity contribution in [3.8, 4) is 23.0 Å². The first kappa shape index (κ1) is 10.8. The van der Waals surface area contributed by atoms with E-state index in [9.17, 15) is 18.6 Å². The molecule has 0 aromatic heterocycles. The third-order valence-corrected chi connectivity index (χ3v) is 2.82. The molecule has 4 N–H and O–H groups in total. The van der Waals surface area contributed by atoms with Crippen LogP contribution in [0.4, 0.5) is 0 Å². The van der Waals surface area contributed by atoms with Crippen LogP contribution in [0.3, 0.4) is 0 Å². The van der Waals surface area contributed by atoms with E-state index in [-0.39, 0.29) is 24.5 Å². The fourth-order valence-corrected chi connectivity index (χ4v) is 2.21. The van der Waals surface area contributed by atoms with E-state index in [2.05, 4.69) is 8.37 Å². The minimum atomic E-state index is -4.22. The van der Waals surface area contributed by atoms with E-state index < -0.39 is 21.9 Å². The van der Waals surface area contributed by atoms with Crippen molar-refractivity contribution in [3.63, 3.8) is 0 Å². The Morgan fingerprint density at radius 2 is 2.00 bits per heavy atom. The fourth-order valence-electron chi connectivity index (χ4n) is 1.43. The maximum absolute atomic E-state index is 11.1. The van der Waals surface area contributed by atoms with Crippen molar-refractivity contribution in [2.75, 3.05) is 6.54 Å². The minimum absolute atomic E-state index is 0.0815. The largest absolute Gasteiger partial charge is 0.504 e. The number of phenolic OH excluding ortho intramolecular Hbond substituents is 2. The predicted octanol–water partition coefficient (Wildman–Crippen LogP) is -0.385. The molecule has 2 bridgehead atoms. The van der Waals surface area contributed by atoms with E-state index in [1.807, 2.05) is 0 Å². The number of aromatic hydroxyl groups is 2. The van der Waals surface area contributed by atoms with E-state index in [1.54, 1.807) is 0 Å². The Labute approximate surface area is 91.4 Å². The van der Waals surface area contributed by atoms with Crippen molar-refractivity contribution in [1.29, 1.82) is 0 Å². The van der Waals surface area contributed by atoms with E-state index >= 15 is 0 Å². The second-order valence-corrected chi connectivity index (χ2v) is 4.31. The molecule has 0 radical (unpaired) electrons. The summed E-state index contributed by atoms with van der Waals surface area (Å²) < 4.78 is 31.2. The summed E-state index contributed by atoms with van der Waals surface area (Å²) in [4.78, 5) is 0. The lowest BCUT2D eigenvalue weighted by Crippen LogP contribution is -2.23. The van der Waals surface area contributed by atoms with Gasteiger partial charge in [-0.3, -0.25) is 0 Å². The van der Waals surface area contributed by atoms with Gasteiger partial charge in [0, 0.05) is 11.6 Å². The topological polar surface area (TPSA) is 119 Å². The zero-order valence-corrected chi connectivity index (χ0v) is 8.82. The van der Waals surface area contributed by atoms with E-state index in [0.29, 0.717) is 5.56 Å². The van der Waals surface area contributed by atoms with Crippen molar-refractivity contribution in [2.24, 2.45) is 5.73 Å². The van der Waals surface area contributed by atoms with Crippen LogP contribution in [-0.4, -0.2) is 25.2 Å². The lowest BCUT2D eigenvalue weighted by atomic mass is 10.1. The van der Waals surface area contributed by atoms with Gasteiger partial charge in [-0.25, -0.2) is 0 Å². The van der Waals surface area contributed by atoms with Gasteiger partial charge in [-0.05, 0) is 13.0 Å². The lowest BCUT2D eigenvalue weighted by molar-refractivity contribution is 0.337. The first-order valence-electron chi connectivity index (χ1n) is 4.36. The van der Waals surface area contributed by atoms with Crippen LogP contribution in [0.2, 0.25) is 0 Å². The van der Waals surface area contributed by atoms with Gasteiger partial charge < -0.3 is 24.3 Å². The van der Waals surface area contributed by atoms with Gasteiger partial charge in [0.05, 0.1) is 0 Å². The minimum Gasteiger partial charge on any atom is -0.504 e. The Morgan fingerprint density at radius 3 is 2.62 bits per heavy atom. The summed E-state index contributed by atoms with van der Waals surface area (Å²) in [6, 6.07) is 1.00. The van der Waals surface area contributed by atoms with Crippen LogP contribution in [0.15, 0.2) is 6.07 Å². The summed E-state index contributed by atoms with van der Waals surface area (Å²) in [5.74, 6) is -1.56. The van der Waals surface area contributed by atoms with Gasteiger partial charge in [-0.2, -0.15) is 0 Å². The number of hydrogen-bond acceptors (Lipinski definition) is 7. The smallest absolute Gasteiger partial charge is 0.501 e. The molecular weight excluding hydrogens is 238 g/mol. The highest BCUT2D eigenvalue weighted by Crippen LogP contribution is 2.47. The Hall–Kier alpha value is -1.67. The molecule has 1 aromatic rings. The molecule has 88 valence electrons. The molecule has 0 fully saturated rings. The van der Waals surface area contributed by atoms with E-state index in [0.717, 1.165) is 6.07 Å². The van der Waals surface area contributed by atoms with E-state index in [4.69, 9.17) is 5.73 Å². The quantitative estimate of drug-likeness (QED) is 0.609. The molecule has 1 heterocycles. The van der Waals surface area contributed by atoms with Gasteiger partial charge >= 0.3 is 10.4 Å². The molecule has 0 unspecified atom stereocenters. The molecule has 1 aromatic carbocycles. The average molecular weight is 247 g/mol. The van der Waals surface area contributed by atoms with Crippen LogP contribution >= 0.6 is 0 Å². The monoisotopic (exact) mass is 247 g/mol. The van der Waals surface area contributed by atoms with Gasteiger partial charge in [0.1, 0.15) is 0 Å². The first-order valence-corrected chi connectivity index (χ1v) is 5.69. The van der Waals surface area contributed by atoms with Gasteiger partial charge in [0.15, 0.2) is 17.2 Å². The number of nitrogens with two attached hydrogens (primary N) is 1. The molecule has 0 aliphatic carbocycles. The van der Waals surface area contributed by atoms with Gasteiger partial charge in [-0.15, -0.1) is 8.42 Å². The van der Waals surface area contributed by atoms with Gasteiger partial charge in [0.2, 0.25) is 5.75 Å². The number of rotatable bonds is 2. The molecular formula is C8H9NO6S. The predicted molar refractivity (Wildman–Crippen MR) is 52.7 cm³/mol. The maximum atomic E-state index is 11.1. The van der Waals surface area contributed by atoms with Crippen molar-refractivity contribution >= 4 is 10.4 Å². The Kier molecular flexibility index (Phi) is 2.32. The highest BCUT2D eigenvalue weighted by molar-refractivity contribution is 7.82. The first-order chi connectivity index (χ1) is 7.44. The number of benzene rings is 1. The summed E-state index contributed by atoms with van der Waals surface area (Å²) in [6.07, 6.45) is 0.258. The molecule has 8 heteroatoms. The Bertz CT molecular complexity index is 538. The molecule has 16 heavy (non-hydrogen) atoms. The second kappa shape index (κ2) is 3.42. The van der Waals surface area contributed by atoms with Gasteiger partial charge in [-0.1, -0.05) is 0 Å². The zero-order valence-electron chi connectivity index (χ0n) is 8.00. The normalized spacial score (nSPS) is 16.3. The average Bonchev–Trinajstić information content (AvgIpc) is 2.17. The van der Waals surface area contributed by atoms with Crippen LogP contribution in [0.25, 0.3) is 0 Å². The maximum Gasteiger partial charge on any atom is 0.501 e. The summed E-state index contributed by atoms with van der Waals surface area (Å²) in [7, 11) is -4.22. The number of fused-ring (bicyclic) bond motifs is 2. The number of hydrogen-bond donors (Lipinski definition) is 3. The molecule has 0 saturated heterocycles. The number of phenols is 2. The third-order valence-electron chi connectivity index (χ3n) is 2.07. The van der Waals surface area contributed by atoms with Crippen LogP contribution in [0, 0.1) is 0 Å². The highest BCUT2D eigenvalue weighted by atomic mass is 32.3. The fraction of sp³-hybridized carbons (Fsp3) is 0.250. The molecule has 7 nitrogen and oxygen atoms in total. The molecule has 0 amide bonds. The molecule has 0 saturated carbocycles. The molecule has 0 atom stereocenters. The Balaban J connectivity index is 2.66. The molecule has 2 rings (SSSR count). The lowest BCUT2D eigenvalue weighted by Gasteiger charge is -2.21.